The molecule has 0 spiro atoms. The van der Waals surface area contributed by atoms with Crippen molar-refractivity contribution in [2.24, 2.45) is 0 Å². The fourth-order valence-electron chi connectivity index (χ4n) is 2.57. The third-order valence-electron chi connectivity index (χ3n) is 3.92. The van der Waals surface area contributed by atoms with Gasteiger partial charge in [-0.2, -0.15) is 0 Å². The average molecular weight is 404 g/mol. The molecule has 1 heterocycles. The molecule has 158 valence electrons. The van der Waals surface area contributed by atoms with Crippen molar-refractivity contribution in [3.8, 4) is 17.2 Å². The Morgan fingerprint density at radius 1 is 1.00 bits per heavy atom. The van der Waals surface area contributed by atoms with E-state index in [1.54, 1.807) is 12.1 Å². The van der Waals surface area contributed by atoms with E-state index in [9.17, 15) is 4.79 Å². The summed E-state index contributed by atoms with van der Waals surface area (Å²) in [5.74, 6) is 3.56. The van der Waals surface area contributed by atoms with E-state index in [2.05, 4.69) is 25.9 Å². The molecule has 0 unspecified atom stereocenters. The van der Waals surface area contributed by atoms with Gasteiger partial charge < -0.3 is 35.1 Å². The predicted molar refractivity (Wildman–Crippen MR) is 113 cm³/mol. The van der Waals surface area contributed by atoms with Gasteiger partial charge in [0, 0.05) is 45.4 Å². The van der Waals surface area contributed by atoms with E-state index in [1.165, 1.54) is 21.3 Å². The van der Waals surface area contributed by atoms with Crippen LogP contribution in [0.2, 0.25) is 0 Å². The number of rotatable bonds is 9. The number of carbonyl (C=O) groups is 1. The lowest BCUT2D eigenvalue weighted by Crippen LogP contribution is -2.32. The summed E-state index contributed by atoms with van der Waals surface area (Å²) in [6.45, 7) is 2.74. The monoisotopic (exact) mass is 404 g/mol. The molecule has 29 heavy (non-hydrogen) atoms. The molecule has 0 atom stereocenters. The maximum absolute atomic E-state index is 12.2. The SMILES string of the molecule is COc1cc(NC(=O)NCCNc2cc(N(C)C)nc(C)n2)cc(OC)c1OC. The molecule has 0 radical (unpaired) electrons. The lowest BCUT2D eigenvalue weighted by atomic mass is 10.2. The molecule has 0 aliphatic heterocycles. The van der Waals surface area contributed by atoms with Crippen LogP contribution in [0, 0.1) is 6.92 Å². The Hall–Kier alpha value is -3.43. The Morgan fingerprint density at radius 2 is 1.66 bits per heavy atom. The zero-order valence-electron chi connectivity index (χ0n) is 17.6. The highest BCUT2D eigenvalue weighted by Gasteiger charge is 2.14. The normalized spacial score (nSPS) is 10.1. The summed E-state index contributed by atoms with van der Waals surface area (Å²) in [6, 6.07) is 4.81. The summed E-state index contributed by atoms with van der Waals surface area (Å²) in [5, 5.41) is 8.70. The number of aromatic nitrogens is 2. The molecule has 0 aliphatic carbocycles. The van der Waals surface area contributed by atoms with Crippen LogP contribution in [0.4, 0.5) is 22.1 Å². The number of nitrogens with zero attached hydrogens (tertiary/aromatic N) is 3. The van der Waals surface area contributed by atoms with Crippen molar-refractivity contribution in [3.63, 3.8) is 0 Å². The van der Waals surface area contributed by atoms with Crippen molar-refractivity contribution >= 4 is 23.4 Å². The predicted octanol–water partition coefficient (Wildman–Crippen LogP) is 2.11. The van der Waals surface area contributed by atoms with Crippen LogP contribution in [0.15, 0.2) is 18.2 Å². The first-order chi connectivity index (χ1) is 13.9. The van der Waals surface area contributed by atoms with Crippen molar-refractivity contribution in [1.29, 1.82) is 0 Å². The van der Waals surface area contributed by atoms with Crippen molar-refractivity contribution in [3.05, 3.63) is 24.0 Å². The van der Waals surface area contributed by atoms with Crippen LogP contribution in [0.25, 0.3) is 0 Å². The van der Waals surface area contributed by atoms with Crippen LogP contribution in [-0.4, -0.2) is 64.5 Å². The number of urea groups is 1. The van der Waals surface area contributed by atoms with Gasteiger partial charge in [-0.05, 0) is 6.92 Å². The number of hydrogen-bond donors (Lipinski definition) is 3. The summed E-state index contributed by atoms with van der Waals surface area (Å²) < 4.78 is 15.8. The number of anilines is 3. The van der Waals surface area contributed by atoms with Gasteiger partial charge >= 0.3 is 6.03 Å². The fourth-order valence-corrected chi connectivity index (χ4v) is 2.57. The second kappa shape index (κ2) is 10.2. The van der Waals surface area contributed by atoms with E-state index in [0.29, 0.717) is 47.7 Å². The van der Waals surface area contributed by atoms with Gasteiger partial charge in [0.05, 0.1) is 27.0 Å². The number of hydrogen-bond acceptors (Lipinski definition) is 8. The lowest BCUT2D eigenvalue weighted by Gasteiger charge is -2.15. The standard InChI is InChI=1S/C19H28N6O4/c1-12-22-16(11-17(23-12)25(2)3)20-7-8-21-19(26)24-13-9-14(27-4)18(29-6)15(10-13)28-5/h9-11H,7-8H2,1-6H3,(H,20,22,23)(H2,21,24,26). The number of nitrogens with one attached hydrogen (secondary N) is 3. The van der Waals surface area contributed by atoms with E-state index in [1.807, 2.05) is 32.0 Å². The van der Waals surface area contributed by atoms with Crippen molar-refractivity contribution in [2.45, 2.75) is 6.92 Å². The molecule has 3 N–H and O–H groups in total. The molecule has 2 rings (SSSR count). The van der Waals surface area contributed by atoms with E-state index in [0.717, 1.165) is 5.82 Å². The van der Waals surface area contributed by atoms with Crippen molar-refractivity contribution < 1.29 is 19.0 Å². The largest absolute Gasteiger partial charge is 0.493 e. The maximum Gasteiger partial charge on any atom is 0.319 e. The van der Waals surface area contributed by atoms with Gasteiger partial charge in [0.15, 0.2) is 11.5 Å². The first-order valence-corrected chi connectivity index (χ1v) is 8.99. The summed E-state index contributed by atoms with van der Waals surface area (Å²) in [5.41, 5.74) is 0.520. The molecule has 10 nitrogen and oxygen atoms in total. The topological polar surface area (TPSA) is 110 Å². The molecular formula is C19H28N6O4. The summed E-state index contributed by atoms with van der Waals surface area (Å²) in [4.78, 5) is 22.8. The molecule has 10 heteroatoms. The third-order valence-corrected chi connectivity index (χ3v) is 3.92. The molecule has 0 aliphatic rings. The molecular weight excluding hydrogens is 376 g/mol. The molecule has 0 bridgehead atoms. The quantitative estimate of drug-likeness (QED) is 0.545. The third kappa shape index (κ3) is 6.03. The highest BCUT2D eigenvalue weighted by Crippen LogP contribution is 2.39. The van der Waals surface area contributed by atoms with Crippen LogP contribution in [-0.2, 0) is 0 Å². The van der Waals surface area contributed by atoms with Gasteiger partial charge in [0.25, 0.3) is 0 Å². The van der Waals surface area contributed by atoms with E-state index < -0.39 is 0 Å². The second-order valence-electron chi connectivity index (χ2n) is 6.27. The Bertz CT molecular complexity index is 818. The number of aryl methyl sites for hydroxylation is 1. The molecule has 1 aromatic carbocycles. The molecule has 2 aromatic rings. The second-order valence-corrected chi connectivity index (χ2v) is 6.27. The lowest BCUT2D eigenvalue weighted by molar-refractivity contribution is 0.252. The molecule has 0 fully saturated rings. The number of amides is 2. The summed E-state index contributed by atoms with van der Waals surface area (Å²) in [6.07, 6.45) is 0. The minimum Gasteiger partial charge on any atom is -0.493 e. The number of carbonyl (C=O) groups excluding carboxylic acids is 1. The highest BCUT2D eigenvalue weighted by molar-refractivity contribution is 5.90. The van der Waals surface area contributed by atoms with Gasteiger partial charge in [0.2, 0.25) is 5.75 Å². The Morgan fingerprint density at radius 3 is 2.21 bits per heavy atom. The Balaban J connectivity index is 1.89. The van der Waals surface area contributed by atoms with Gasteiger partial charge in [0.1, 0.15) is 17.5 Å². The zero-order valence-corrected chi connectivity index (χ0v) is 17.6. The zero-order chi connectivity index (χ0) is 21.4. The van der Waals surface area contributed by atoms with Gasteiger partial charge in [-0.3, -0.25) is 0 Å². The van der Waals surface area contributed by atoms with Crippen LogP contribution in [0.5, 0.6) is 17.2 Å². The maximum atomic E-state index is 12.2. The van der Waals surface area contributed by atoms with E-state index in [4.69, 9.17) is 14.2 Å². The first kappa shape index (κ1) is 21.9. The van der Waals surface area contributed by atoms with Gasteiger partial charge in [-0.1, -0.05) is 0 Å². The first-order valence-electron chi connectivity index (χ1n) is 8.99. The number of benzene rings is 1. The van der Waals surface area contributed by atoms with Crippen molar-refractivity contribution in [1.82, 2.24) is 15.3 Å². The summed E-state index contributed by atoms with van der Waals surface area (Å²) >= 11 is 0. The van der Waals surface area contributed by atoms with E-state index >= 15 is 0 Å². The van der Waals surface area contributed by atoms with Crippen LogP contribution >= 0.6 is 0 Å². The van der Waals surface area contributed by atoms with E-state index in [-0.39, 0.29) is 6.03 Å². The fraction of sp³-hybridized carbons (Fsp3) is 0.421. The van der Waals surface area contributed by atoms with Gasteiger partial charge in [-0.25, -0.2) is 14.8 Å². The number of methoxy groups -OCH3 is 3. The van der Waals surface area contributed by atoms with Crippen molar-refractivity contribution in [2.75, 3.05) is 64.0 Å². The molecule has 0 saturated carbocycles. The minimum absolute atomic E-state index is 0.353. The van der Waals surface area contributed by atoms with Crippen LogP contribution in [0.1, 0.15) is 5.82 Å². The van der Waals surface area contributed by atoms with Crippen LogP contribution < -0.4 is 35.1 Å². The van der Waals surface area contributed by atoms with Crippen LogP contribution in [0.3, 0.4) is 0 Å². The Kier molecular flexibility index (Phi) is 7.70. The molecule has 1 aromatic heterocycles. The number of ether oxygens (including phenoxy) is 3. The molecule has 0 saturated heterocycles. The molecule has 2 amide bonds. The Labute approximate surface area is 170 Å². The summed E-state index contributed by atoms with van der Waals surface area (Å²) in [7, 11) is 8.39. The average Bonchev–Trinajstić information content (AvgIpc) is 2.69. The highest BCUT2D eigenvalue weighted by atomic mass is 16.5. The minimum atomic E-state index is -0.353. The van der Waals surface area contributed by atoms with Gasteiger partial charge in [-0.15, -0.1) is 0 Å². The smallest absolute Gasteiger partial charge is 0.319 e.